The molecule has 0 aliphatic carbocycles. The predicted molar refractivity (Wildman–Crippen MR) is 70.0 cm³/mol. The summed E-state index contributed by atoms with van der Waals surface area (Å²) in [5.41, 5.74) is 2.32. The van der Waals surface area contributed by atoms with Gasteiger partial charge in [0.2, 0.25) is 0 Å². The van der Waals surface area contributed by atoms with E-state index >= 15 is 0 Å². The maximum absolute atomic E-state index is 4.43. The fourth-order valence-corrected chi connectivity index (χ4v) is 2.58. The highest BCUT2D eigenvalue weighted by molar-refractivity contribution is 7.11. The van der Waals surface area contributed by atoms with E-state index in [1.54, 1.807) is 11.3 Å². The number of aryl methyl sites for hydroxylation is 3. The van der Waals surface area contributed by atoms with Crippen LogP contribution in [0.25, 0.3) is 0 Å². The van der Waals surface area contributed by atoms with E-state index in [-0.39, 0.29) is 0 Å². The highest BCUT2D eigenvalue weighted by Crippen LogP contribution is 2.11. The van der Waals surface area contributed by atoms with Gasteiger partial charge in [0.25, 0.3) is 0 Å². The first-order chi connectivity index (χ1) is 8.19. The monoisotopic (exact) mass is 250 g/mol. The zero-order valence-electron chi connectivity index (χ0n) is 10.5. The van der Waals surface area contributed by atoms with Crippen molar-refractivity contribution in [1.82, 2.24) is 20.1 Å². The molecule has 4 nitrogen and oxygen atoms in total. The Kier molecular flexibility index (Phi) is 3.91. The van der Waals surface area contributed by atoms with Crippen molar-refractivity contribution in [3.8, 4) is 0 Å². The Hall–Kier alpha value is -1.20. The lowest BCUT2D eigenvalue weighted by molar-refractivity contribution is 0.580. The van der Waals surface area contributed by atoms with Gasteiger partial charge in [0.15, 0.2) is 0 Å². The number of aromatic nitrogens is 3. The smallest absolute Gasteiger partial charge is 0.0897 e. The van der Waals surface area contributed by atoms with E-state index in [9.17, 15) is 0 Å². The first kappa shape index (κ1) is 12.3. The van der Waals surface area contributed by atoms with Crippen molar-refractivity contribution in [1.29, 1.82) is 0 Å². The van der Waals surface area contributed by atoms with Crippen LogP contribution in [0.5, 0.6) is 0 Å². The van der Waals surface area contributed by atoms with Crippen LogP contribution < -0.4 is 5.32 Å². The van der Waals surface area contributed by atoms with Gasteiger partial charge >= 0.3 is 0 Å². The summed E-state index contributed by atoms with van der Waals surface area (Å²) in [6.07, 6.45) is 1.94. The predicted octanol–water partition coefficient (Wildman–Crippen LogP) is 2.27. The van der Waals surface area contributed by atoms with Gasteiger partial charge in [0, 0.05) is 30.7 Å². The maximum atomic E-state index is 4.43. The quantitative estimate of drug-likeness (QED) is 0.885. The van der Waals surface area contributed by atoms with Crippen molar-refractivity contribution in [3.05, 3.63) is 33.5 Å². The van der Waals surface area contributed by atoms with Crippen LogP contribution >= 0.6 is 11.3 Å². The van der Waals surface area contributed by atoms with Gasteiger partial charge < -0.3 is 5.32 Å². The topological polar surface area (TPSA) is 42.7 Å². The highest BCUT2D eigenvalue weighted by Gasteiger charge is 2.04. The molecule has 0 aliphatic heterocycles. The van der Waals surface area contributed by atoms with Gasteiger partial charge in [-0.2, -0.15) is 5.10 Å². The Labute approximate surface area is 106 Å². The molecule has 0 saturated heterocycles. The van der Waals surface area contributed by atoms with Gasteiger partial charge in [-0.15, -0.1) is 11.3 Å². The van der Waals surface area contributed by atoms with Crippen LogP contribution in [0.4, 0.5) is 0 Å². The molecule has 0 fully saturated rings. The Morgan fingerprint density at radius 1 is 1.35 bits per heavy atom. The third-order valence-corrected chi connectivity index (χ3v) is 3.47. The third kappa shape index (κ3) is 3.14. The second kappa shape index (κ2) is 5.42. The minimum absolute atomic E-state index is 0.853. The van der Waals surface area contributed by atoms with Crippen LogP contribution in [0.3, 0.4) is 0 Å². The van der Waals surface area contributed by atoms with Gasteiger partial charge in [-0.1, -0.05) is 0 Å². The third-order valence-electron chi connectivity index (χ3n) is 2.56. The van der Waals surface area contributed by atoms with Crippen molar-refractivity contribution >= 4 is 11.3 Å². The molecule has 17 heavy (non-hydrogen) atoms. The van der Waals surface area contributed by atoms with E-state index < -0.39 is 0 Å². The van der Waals surface area contributed by atoms with E-state index in [1.807, 2.05) is 24.7 Å². The first-order valence-electron chi connectivity index (χ1n) is 5.84. The normalized spacial score (nSPS) is 11.0. The van der Waals surface area contributed by atoms with Crippen LogP contribution in [0.15, 0.2) is 12.3 Å². The minimum Gasteiger partial charge on any atom is -0.306 e. The Morgan fingerprint density at radius 3 is 2.82 bits per heavy atom. The molecule has 0 spiro atoms. The van der Waals surface area contributed by atoms with Crippen molar-refractivity contribution in [2.24, 2.45) is 0 Å². The van der Waals surface area contributed by atoms with E-state index in [2.05, 4.69) is 28.4 Å². The number of hydrogen-bond acceptors (Lipinski definition) is 4. The lowest BCUT2D eigenvalue weighted by atomic mass is 10.3. The van der Waals surface area contributed by atoms with Gasteiger partial charge in [-0.3, -0.25) is 4.68 Å². The molecule has 0 aromatic carbocycles. The number of nitrogens with one attached hydrogen (secondary N) is 1. The minimum atomic E-state index is 0.853. The van der Waals surface area contributed by atoms with Crippen LogP contribution in [-0.4, -0.2) is 14.8 Å². The molecule has 1 N–H and O–H groups in total. The van der Waals surface area contributed by atoms with Gasteiger partial charge in [0.1, 0.15) is 0 Å². The molecular weight excluding hydrogens is 232 g/mol. The molecule has 0 unspecified atom stereocenters. The second-order valence-electron chi connectivity index (χ2n) is 4.04. The standard InChI is InChI=1S/C12H18N4S/c1-4-16-11(5-9(2)15-16)6-13-7-12-8-14-10(3)17-12/h5,8,13H,4,6-7H2,1-3H3. The molecule has 92 valence electrons. The molecule has 0 bridgehead atoms. The number of rotatable bonds is 5. The summed E-state index contributed by atoms with van der Waals surface area (Å²) in [5.74, 6) is 0. The highest BCUT2D eigenvalue weighted by atomic mass is 32.1. The Balaban J connectivity index is 1.89. The zero-order chi connectivity index (χ0) is 12.3. The lowest BCUT2D eigenvalue weighted by Gasteiger charge is -2.05. The molecule has 2 rings (SSSR count). The van der Waals surface area contributed by atoms with Crippen molar-refractivity contribution < 1.29 is 0 Å². The summed E-state index contributed by atoms with van der Waals surface area (Å²) in [6, 6.07) is 2.13. The fraction of sp³-hybridized carbons (Fsp3) is 0.500. The molecule has 2 heterocycles. The van der Waals surface area contributed by atoms with Crippen LogP contribution in [0, 0.1) is 13.8 Å². The molecule has 0 atom stereocenters. The van der Waals surface area contributed by atoms with Crippen molar-refractivity contribution in [2.75, 3.05) is 0 Å². The van der Waals surface area contributed by atoms with E-state index in [1.165, 1.54) is 10.6 Å². The maximum Gasteiger partial charge on any atom is 0.0897 e. The van der Waals surface area contributed by atoms with Gasteiger partial charge in [-0.25, -0.2) is 4.98 Å². The van der Waals surface area contributed by atoms with Crippen LogP contribution in [-0.2, 0) is 19.6 Å². The molecule has 5 heteroatoms. The van der Waals surface area contributed by atoms with Crippen LogP contribution in [0.2, 0.25) is 0 Å². The summed E-state index contributed by atoms with van der Waals surface area (Å²) in [7, 11) is 0. The van der Waals surface area contributed by atoms with Crippen molar-refractivity contribution in [2.45, 2.75) is 40.4 Å². The van der Waals surface area contributed by atoms with E-state index in [0.717, 1.165) is 30.3 Å². The average molecular weight is 250 g/mol. The molecule has 0 aliphatic rings. The largest absolute Gasteiger partial charge is 0.306 e. The molecule has 0 amide bonds. The van der Waals surface area contributed by atoms with E-state index in [0.29, 0.717) is 0 Å². The number of nitrogens with zero attached hydrogens (tertiary/aromatic N) is 3. The molecule has 2 aromatic rings. The lowest BCUT2D eigenvalue weighted by Crippen LogP contribution is -2.15. The molecule has 0 radical (unpaired) electrons. The summed E-state index contributed by atoms with van der Waals surface area (Å²) < 4.78 is 2.04. The fourth-order valence-electron chi connectivity index (χ4n) is 1.82. The molecule has 0 saturated carbocycles. The SMILES string of the molecule is CCn1nc(C)cc1CNCc1cnc(C)s1. The van der Waals surface area contributed by atoms with Gasteiger partial charge in [-0.05, 0) is 26.8 Å². The molecule has 2 aromatic heterocycles. The zero-order valence-corrected chi connectivity index (χ0v) is 11.3. The summed E-state index contributed by atoms with van der Waals surface area (Å²) in [4.78, 5) is 5.52. The summed E-state index contributed by atoms with van der Waals surface area (Å²) in [6.45, 7) is 8.82. The molecular formula is C12H18N4S. The van der Waals surface area contributed by atoms with Gasteiger partial charge in [0.05, 0.1) is 16.4 Å². The average Bonchev–Trinajstić information content (AvgIpc) is 2.85. The second-order valence-corrected chi connectivity index (χ2v) is 5.36. The van der Waals surface area contributed by atoms with Crippen molar-refractivity contribution in [3.63, 3.8) is 0 Å². The first-order valence-corrected chi connectivity index (χ1v) is 6.66. The Bertz CT molecular complexity index is 486. The Morgan fingerprint density at radius 2 is 2.18 bits per heavy atom. The van der Waals surface area contributed by atoms with Crippen LogP contribution in [0.1, 0.15) is 28.2 Å². The summed E-state index contributed by atoms with van der Waals surface area (Å²) in [5, 5.41) is 8.98. The summed E-state index contributed by atoms with van der Waals surface area (Å²) >= 11 is 1.74. The number of thiazole rings is 1. The van der Waals surface area contributed by atoms with E-state index in [4.69, 9.17) is 0 Å². The number of hydrogen-bond donors (Lipinski definition) is 1.